The van der Waals surface area contributed by atoms with Gasteiger partial charge in [0.05, 0.1) is 0 Å². The van der Waals surface area contributed by atoms with Crippen LogP contribution in [0.2, 0.25) is 0 Å². The molecule has 23 heavy (non-hydrogen) atoms. The third kappa shape index (κ3) is 2.81. The maximum Gasteiger partial charge on any atom is 0.163 e. The predicted molar refractivity (Wildman–Crippen MR) is 87.9 cm³/mol. The van der Waals surface area contributed by atoms with E-state index in [9.17, 15) is 9.18 Å². The van der Waals surface area contributed by atoms with E-state index in [0.29, 0.717) is 23.8 Å². The quantitative estimate of drug-likeness (QED) is 0.835. The summed E-state index contributed by atoms with van der Waals surface area (Å²) >= 11 is 0. The van der Waals surface area contributed by atoms with Gasteiger partial charge in [-0.15, -0.1) is 0 Å². The molecule has 1 fully saturated rings. The molecule has 1 saturated heterocycles. The van der Waals surface area contributed by atoms with Crippen LogP contribution in [0.25, 0.3) is 0 Å². The zero-order valence-corrected chi connectivity index (χ0v) is 13.0. The fraction of sp³-hybridized carbons (Fsp3) is 0.350. The number of carbonyl (C=O) groups is 1. The lowest BCUT2D eigenvalue weighted by Crippen LogP contribution is -2.42. The summed E-state index contributed by atoms with van der Waals surface area (Å²) in [6, 6.07) is 15.2. The van der Waals surface area contributed by atoms with Crippen molar-refractivity contribution < 1.29 is 9.18 Å². The standard InChI is InChI=1S/C20H20FNO/c21-16-6-7-17-18(11-16)20(23)10-15-8-9-22(13-19(15)17)12-14-4-2-1-3-5-14/h1-7,11,15,19H,8-10,12-13H2/t15-,19-/m1/s1. The molecule has 0 unspecified atom stereocenters. The number of hydrogen-bond donors (Lipinski definition) is 0. The Morgan fingerprint density at radius 2 is 1.96 bits per heavy atom. The second-order valence-electron chi connectivity index (χ2n) is 6.73. The third-order valence-electron chi connectivity index (χ3n) is 5.25. The minimum atomic E-state index is -0.312. The van der Waals surface area contributed by atoms with Gasteiger partial charge in [0.25, 0.3) is 0 Å². The fourth-order valence-corrected chi connectivity index (χ4v) is 4.09. The monoisotopic (exact) mass is 309 g/mol. The van der Waals surface area contributed by atoms with Gasteiger partial charge in [0.15, 0.2) is 5.78 Å². The molecule has 0 spiro atoms. The molecule has 0 amide bonds. The molecule has 0 aromatic heterocycles. The van der Waals surface area contributed by atoms with Crippen LogP contribution < -0.4 is 0 Å². The van der Waals surface area contributed by atoms with E-state index in [1.165, 1.54) is 17.7 Å². The van der Waals surface area contributed by atoms with Crippen molar-refractivity contribution in [3.8, 4) is 0 Å². The van der Waals surface area contributed by atoms with Gasteiger partial charge in [0.1, 0.15) is 5.82 Å². The van der Waals surface area contributed by atoms with Crippen molar-refractivity contribution in [1.29, 1.82) is 0 Å². The highest BCUT2D eigenvalue weighted by Crippen LogP contribution is 2.41. The summed E-state index contributed by atoms with van der Waals surface area (Å²) < 4.78 is 13.5. The minimum Gasteiger partial charge on any atom is -0.298 e. The number of ketones is 1. The summed E-state index contributed by atoms with van der Waals surface area (Å²) in [7, 11) is 0. The molecular formula is C20H20FNO. The van der Waals surface area contributed by atoms with Crippen molar-refractivity contribution in [2.45, 2.75) is 25.3 Å². The van der Waals surface area contributed by atoms with E-state index in [1.807, 2.05) is 12.1 Å². The van der Waals surface area contributed by atoms with E-state index >= 15 is 0 Å². The number of nitrogens with zero attached hydrogens (tertiary/aromatic N) is 1. The molecule has 2 nitrogen and oxygen atoms in total. The van der Waals surface area contributed by atoms with Gasteiger partial charge in [0.2, 0.25) is 0 Å². The van der Waals surface area contributed by atoms with E-state index < -0.39 is 0 Å². The first-order chi connectivity index (χ1) is 11.2. The second kappa shape index (κ2) is 5.89. The van der Waals surface area contributed by atoms with Crippen molar-refractivity contribution in [2.75, 3.05) is 13.1 Å². The topological polar surface area (TPSA) is 20.3 Å². The Hall–Kier alpha value is -2.00. The lowest BCUT2D eigenvalue weighted by atomic mass is 9.71. The zero-order chi connectivity index (χ0) is 15.8. The van der Waals surface area contributed by atoms with Crippen LogP contribution in [0.3, 0.4) is 0 Å². The molecule has 1 heterocycles. The number of rotatable bonds is 2. The van der Waals surface area contributed by atoms with E-state index in [4.69, 9.17) is 0 Å². The van der Waals surface area contributed by atoms with Crippen molar-refractivity contribution in [2.24, 2.45) is 5.92 Å². The van der Waals surface area contributed by atoms with Gasteiger partial charge in [-0.2, -0.15) is 0 Å². The molecule has 1 aliphatic carbocycles. The first-order valence-corrected chi connectivity index (χ1v) is 8.29. The Balaban J connectivity index is 1.58. The lowest BCUT2D eigenvalue weighted by molar-refractivity contribution is 0.0859. The molecule has 2 aliphatic rings. The molecule has 2 atom stereocenters. The molecule has 0 radical (unpaired) electrons. The van der Waals surface area contributed by atoms with Crippen molar-refractivity contribution in [3.63, 3.8) is 0 Å². The van der Waals surface area contributed by atoms with E-state index in [1.54, 1.807) is 0 Å². The zero-order valence-electron chi connectivity index (χ0n) is 13.0. The van der Waals surface area contributed by atoms with Gasteiger partial charge in [-0.1, -0.05) is 36.4 Å². The first kappa shape index (κ1) is 14.6. The Bertz CT molecular complexity index is 728. The van der Waals surface area contributed by atoms with Crippen LogP contribution >= 0.6 is 0 Å². The normalized spacial score (nSPS) is 24.1. The number of hydrogen-bond acceptors (Lipinski definition) is 2. The Labute approximate surface area is 135 Å². The Morgan fingerprint density at radius 1 is 1.13 bits per heavy atom. The summed E-state index contributed by atoms with van der Waals surface area (Å²) in [6.45, 7) is 2.92. The Kier molecular flexibility index (Phi) is 3.74. The van der Waals surface area contributed by atoms with Crippen molar-refractivity contribution in [3.05, 3.63) is 71.0 Å². The number of carbonyl (C=O) groups excluding carboxylic acids is 1. The predicted octanol–water partition coefficient (Wildman–Crippen LogP) is 4.02. The average Bonchev–Trinajstić information content (AvgIpc) is 2.57. The van der Waals surface area contributed by atoms with Crippen LogP contribution in [0, 0.1) is 11.7 Å². The molecule has 0 saturated carbocycles. The average molecular weight is 309 g/mol. The molecule has 0 bridgehead atoms. The van der Waals surface area contributed by atoms with Gasteiger partial charge in [-0.25, -0.2) is 4.39 Å². The maximum absolute atomic E-state index is 13.5. The van der Waals surface area contributed by atoms with Gasteiger partial charge in [0, 0.05) is 31.0 Å². The molecule has 2 aromatic rings. The summed E-state index contributed by atoms with van der Waals surface area (Å²) in [4.78, 5) is 14.7. The number of benzene rings is 2. The summed E-state index contributed by atoms with van der Waals surface area (Å²) in [6.07, 6.45) is 1.61. The highest BCUT2D eigenvalue weighted by molar-refractivity contribution is 5.99. The maximum atomic E-state index is 13.5. The highest BCUT2D eigenvalue weighted by Gasteiger charge is 2.37. The van der Waals surface area contributed by atoms with E-state index in [2.05, 4.69) is 29.2 Å². The van der Waals surface area contributed by atoms with Crippen LogP contribution in [0.15, 0.2) is 48.5 Å². The second-order valence-corrected chi connectivity index (χ2v) is 6.73. The van der Waals surface area contributed by atoms with Crippen LogP contribution in [0.5, 0.6) is 0 Å². The third-order valence-corrected chi connectivity index (χ3v) is 5.25. The van der Waals surface area contributed by atoms with Gasteiger partial charge >= 0.3 is 0 Å². The fourth-order valence-electron chi connectivity index (χ4n) is 4.09. The summed E-state index contributed by atoms with van der Waals surface area (Å²) in [5.74, 6) is 0.554. The smallest absolute Gasteiger partial charge is 0.163 e. The van der Waals surface area contributed by atoms with Crippen LogP contribution in [0.4, 0.5) is 4.39 Å². The van der Waals surface area contributed by atoms with E-state index in [0.717, 1.165) is 31.6 Å². The molecule has 3 heteroatoms. The molecule has 4 rings (SSSR count). The van der Waals surface area contributed by atoms with Crippen molar-refractivity contribution in [1.82, 2.24) is 4.90 Å². The SMILES string of the molecule is O=C1C[C@H]2CCN(Cc3ccccc3)C[C@H]2c2ccc(F)cc21. The van der Waals surface area contributed by atoms with Gasteiger partial charge in [-0.3, -0.25) is 9.69 Å². The lowest BCUT2D eigenvalue weighted by Gasteiger charge is -2.41. The van der Waals surface area contributed by atoms with Crippen LogP contribution in [-0.2, 0) is 6.54 Å². The van der Waals surface area contributed by atoms with Gasteiger partial charge in [-0.05, 0) is 42.1 Å². The summed E-state index contributed by atoms with van der Waals surface area (Å²) in [5.41, 5.74) is 2.97. The molecule has 1 aliphatic heterocycles. The van der Waals surface area contributed by atoms with Crippen molar-refractivity contribution >= 4 is 5.78 Å². The number of halogens is 1. The van der Waals surface area contributed by atoms with Crippen LogP contribution in [0.1, 0.15) is 40.2 Å². The van der Waals surface area contributed by atoms with E-state index in [-0.39, 0.29) is 11.6 Å². The molecule has 2 aromatic carbocycles. The first-order valence-electron chi connectivity index (χ1n) is 8.29. The molecular weight excluding hydrogens is 289 g/mol. The number of fused-ring (bicyclic) bond motifs is 3. The van der Waals surface area contributed by atoms with Gasteiger partial charge < -0.3 is 0 Å². The molecule has 118 valence electrons. The highest BCUT2D eigenvalue weighted by atomic mass is 19.1. The van der Waals surface area contributed by atoms with Crippen LogP contribution in [-0.4, -0.2) is 23.8 Å². The molecule has 0 N–H and O–H groups in total. The largest absolute Gasteiger partial charge is 0.298 e. The number of piperidine rings is 1. The minimum absolute atomic E-state index is 0.109. The number of likely N-dealkylation sites (tertiary alicyclic amines) is 1. The summed E-state index contributed by atoms with van der Waals surface area (Å²) in [5, 5.41) is 0. The Morgan fingerprint density at radius 3 is 2.78 bits per heavy atom. The number of Topliss-reactive ketones (excluding diaryl/α,β-unsaturated/α-hetero) is 1.